The molecule has 0 unspecified atom stereocenters. The van der Waals surface area contributed by atoms with Crippen LogP contribution in [0.25, 0.3) is 33.3 Å². The summed E-state index contributed by atoms with van der Waals surface area (Å²) >= 11 is 12.2. The molecule has 37 heavy (non-hydrogen) atoms. The molecule has 0 fully saturated rings. The zero-order valence-corrected chi connectivity index (χ0v) is 22.9. The molecule has 0 radical (unpaired) electrons. The van der Waals surface area contributed by atoms with Crippen molar-refractivity contribution in [1.29, 1.82) is 0 Å². The summed E-state index contributed by atoms with van der Waals surface area (Å²) in [6, 6.07) is 22.7. The van der Waals surface area contributed by atoms with E-state index < -0.39 is 5.97 Å². The average Bonchev–Trinajstić information content (AvgIpc) is 3.48. The van der Waals surface area contributed by atoms with E-state index in [-0.39, 0.29) is 5.69 Å². The number of halogens is 2. The van der Waals surface area contributed by atoms with Crippen LogP contribution >= 0.6 is 23.2 Å². The van der Waals surface area contributed by atoms with E-state index in [1.54, 1.807) is 18.3 Å². The highest BCUT2D eigenvalue weighted by Gasteiger charge is 2.25. The first-order valence-corrected chi connectivity index (χ1v) is 13.1. The largest absolute Gasteiger partial charge is 0.477 e. The van der Waals surface area contributed by atoms with Gasteiger partial charge in [-0.1, -0.05) is 106 Å². The standard InChI is InChI=1S/C25H17Cl2N3O2.C3H8.C2H6/c26-17-8-6-15(7-9-17)14-30-24(20(13-28-30)16-4-2-1-3-5-16)22-19-11-10-18(27)12-21(19)29-23(22)25(31)32;1-3-2;1-2/h1-13,29H,14H2,(H,31,32);3H2,1-2H3;1-2H3. The van der Waals surface area contributed by atoms with Crippen LogP contribution in [0.2, 0.25) is 10.0 Å². The molecule has 2 N–H and O–H groups in total. The van der Waals surface area contributed by atoms with Gasteiger partial charge in [0.2, 0.25) is 0 Å². The smallest absolute Gasteiger partial charge is 0.353 e. The van der Waals surface area contributed by atoms with Gasteiger partial charge in [0.1, 0.15) is 5.69 Å². The molecule has 2 aromatic heterocycles. The number of aromatic nitrogens is 3. The number of aromatic carboxylic acids is 1. The number of benzene rings is 3. The first kappa shape index (κ1) is 28.0. The lowest BCUT2D eigenvalue weighted by atomic mass is 9.99. The Morgan fingerprint density at radius 3 is 2.19 bits per heavy atom. The summed E-state index contributed by atoms with van der Waals surface area (Å²) in [4.78, 5) is 15.2. The van der Waals surface area contributed by atoms with Gasteiger partial charge in [-0.25, -0.2) is 4.79 Å². The van der Waals surface area contributed by atoms with Gasteiger partial charge in [-0.2, -0.15) is 5.10 Å². The van der Waals surface area contributed by atoms with Crippen LogP contribution in [-0.4, -0.2) is 25.8 Å². The van der Waals surface area contributed by atoms with Crippen molar-refractivity contribution < 1.29 is 9.90 Å². The molecule has 0 atom stereocenters. The Bertz CT molecular complexity index is 1460. The van der Waals surface area contributed by atoms with E-state index in [1.165, 1.54) is 6.42 Å². The molecule has 0 aliphatic heterocycles. The first-order chi connectivity index (χ1) is 17.9. The van der Waals surface area contributed by atoms with Gasteiger partial charge in [-0.05, 0) is 35.4 Å². The number of nitrogens with one attached hydrogen (secondary N) is 1. The quantitative estimate of drug-likeness (QED) is 0.235. The number of nitrogens with zero attached hydrogens (tertiary/aromatic N) is 2. The second kappa shape index (κ2) is 13.1. The molecular formula is C30H31Cl2N3O2. The molecule has 192 valence electrons. The van der Waals surface area contributed by atoms with Gasteiger partial charge in [-0.3, -0.25) is 4.68 Å². The van der Waals surface area contributed by atoms with Gasteiger partial charge >= 0.3 is 5.97 Å². The molecule has 0 amide bonds. The fraction of sp³-hybridized carbons (Fsp3) is 0.200. The minimum atomic E-state index is -1.05. The van der Waals surface area contributed by atoms with Gasteiger partial charge in [0.05, 0.1) is 18.4 Å². The van der Waals surface area contributed by atoms with E-state index in [0.717, 1.165) is 27.8 Å². The molecule has 0 saturated carbocycles. The minimum absolute atomic E-state index is 0.0947. The Balaban J connectivity index is 0.000000711. The summed E-state index contributed by atoms with van der Waals surface area (Å²) in [6.07, 6.45) is 3.03. The number of carboxylic acid groups (broad SMARTS) is 1. The number of fused-ring (bicyclic) bond motifs is 1. The van der Waals surface area contributed by atoms with Crippen molar-refractivity contribution in [3.05, 3.63) is 100 Å². The highest BCUT2D eigenvalue weighted by molar-refractivity contribution is 6.31. The number of carboxylic acids is 1. The number of aromatic amines is 1. The highest BCUT2D eigenvalue weighted by atomic mass is 35.5. The van der Waals surface area contributed by atoms with Gasteiger partial charge in [0.25, 0.3) is 0 Å². The van der Waals surface area contributed by atoms with Gasteiger partial charge in [0, 0.05) is 32.1 Å². The van der Waals surface area contributed by atoms with E-state index in [9.17, 15) is 9.90 Å². The maximum atomic E-state index is 12.2. The molecule has 3 aromatic carbocycles. The zero-order chi connectivity index (χ0) is 26.9. The Kier molecular flexibility index (Phi) is 9.95. The van der Waals surface area contributed by atoms with Crippen LogP contribution in [0.1, 0.15) is 50.2 Å². The fourth-order valence-corrected chi connectivity index (χ4v) is 4.23. The third-order valence-corrected chi connectivity index (χ3v) is 5.87. The molecule has 0 aliphatic carbocycles. The summed E-state index contributed by atoms with van der Waals surface area (Å²) in [6.45, 7) is 8.71. The Morgan fingerprint density at radius 1 is 0.946 bits per heavy atom. The summed E-state index contributed by atoms with van der Waals surface area (Å²) in [7, 11) is 0. The molecule has 5 nitrogen and oxygen atoms in total. The van der Waals surface area contributed by atoms with Crippen LogP contribution in [0.4, 0.5) is 0 Å². The van der Waals surface area contributed by atoms with Crippen molar-refractivity contribution in [2.24, 2.45) is 0 Å². The molecule has 0 spiro atoms. The third kappa shape index (κ3) is 6.43. The highest BCUT2D eigenvalue weighted by Crippen LogP contribution is 2.39. The molecule has 5 aromatic rings. The lowest BCUT2D eigenvalue weighted by molar-refractivity contribution is 0.0692. The monoisotopic (exact) mass is 535 g/mol. The summed E-state index contributed by atoms with van der Waals surface area (Å²) in [5.41, 5.74) is 4.84. The third-order valence-electron chi connectivity index (χ3n) is 5.38. The van der Waals surface area contributed by atoms with Crippen molar-refractivity contribution in [1.82, 2.24) is 14.8 Å². The van der Waals surface area contributed by atoms with E-state index in [0.29, 0.717) is 27.7 Å². The van der Waals surface area contributed by atoms with Crippen LogP contribution in [-0.2, 0) is 6.54 Å². The number of carbonyl (C=O) groups is 1. The second-order valence-electron chi connectivity index (χ2n) is 8.13. The van der Waals surface area contributed by atoms with E-state index in [1.807, 2.05) is 79.2 Å². The fourth-order valence-electron chi connectivity index (χ4n) is 3.94. The molecule has 7 heteroatoms. The zero-order valence-electron chi connectivity index (χ0n) is 21.4. The molecule has 0 saturated heterocycles. The lowest BCUT2D eigenvalue weighted by Gasteiger charge is -2.11. The number of hydrogen-bond donors (Lipinski definition) is 2. The SMILES string of the molecule is CC.CCC.O=C(O)c1[nH]c2cc(Cl)ccc2c1-c1c(-c2ccccc2)cnn1Cc1ccc(Cl)cc1. The first-order valence-electron chi connectivity index (χ1n) is 12.3. The number of rotatable bonds is 5. The normalized spacial score (nSPS) is 10.3. The molecule has 2 heterocycles. The molecular weight excluding hydrogens is 505 g/mol. The maximum absolute atomic E-state index is 12.2. The second-order valence-corrected chi connectivity index (χ2v) is 9.01. The van der Waals surface area contributed by atoms with Gasteiger partial charge < -0.3 is 10.1 Å². The maximum Gasteiger partial charge on any atom is 0.353 e. The number of H-pyrrole nitrogens is 1. The van der Waals surface area contributed by atoms with Crippen molar-refractivity contribution in [2.75, 3.05) is 0 Å². The number of hydrogen-bond acceptors (Lipinski definition) is 2. The predicted octanol–water partition coefficient (Wildman–Crippen LogP) is 9.19. The Hall–Kier alpha value is -3.54. The van der Waals surface area contributed by atoms with E-state index >= 15 is 0 Å². The molecule has 5 rings (SSSR count). The van der Waals surface area contributed by atoms with Gasteiger partial charge in [0.15, 0.2) is 0 Å². The topological polar surface area (TPSA) is 70.9 Å². The van der Waals surface area contributed by atoms with Crippen LogP contribution in [0, 0.1) is 0 Å². The lowest BCUT2D eigenvalue weighted by Crippen LogP contribution is -2.07. The Labute approximate surface area is 227 Å². The average molecular weight is 537 g/mol. The van der Waals surface area contributed by atoms with E-state index in [4.69, 9.17) is 23.2 Å². The molecule has 0 bridgehead atoms. The van der Waals surface area contributed by atoms with E-state index in [2.05, 4.69) is 23.9 Å². The van der Waals surface area contributed by atoms with Crippen molar-refractivity contribution in [3.63, 3.8) is 0 Å². The van der Waals surface area contributed by atoms with Crippen molar-refractivity contribution >= 4 is 40.1 Å². The van der Waals surface area contributed by atoms with Gasteiger partial charge in [-0.15, -0.1) is 0 Å². The summed E-state index contributed by atoms with van der Waals surface area (Å²) in [5.74, 6) is -1.05. The minimum Gasteiger partial charge on any atom is -0.477 e. The summed E-state index contributed by atoms with van der Waals surface area (Å²) < 4.78 is 1.83. The summed E-state index contributed by atoms with van der Waals surface area (Å²) in [5, 5.41) is 16.6. The van der Waals surface area contributed by atoms with Crippen LogP contribution in [0.5, 0.6) is 0 Å². The molecule has 0 aliphatic rings. The predicted molar refractivity (Wildman–Crippen MR) is 155 cm³/mol. The van der Waals surface area contributed by atoms with Crippen LogP contribution in [0.15, 0.2) is 79.0 Å². The van der Waals surface area contributed by atoms with Crippen LogP contribution in [0.3, 0.4) is 0 Å². The van der Waals surface area contributed by atoms with Crippen molar-refractivity contribution in [3.8, 4) is 22.4 Å². The van der Waals surface area contributed by atoms with Crippen molar-refractivity contribution in [2.45, 2.75) is 40.7 Å². The van der Waals surface area contributed by atoms with Crippen LogP contribution < -0.4 is 0 Å². The Morgan fingerprint density at radius 2 is 1.57 bits per heavy atom.